The van der Waals surface area contributed by atoms with Gasteiger partial charge in [-0.3, -0.25) is 0 Å². The number of rotatable bonds is 3. The molecule has 3 nitrogen and oxygen atoms in total. The predicted molar refractivity (Wildman–Crippen MR) is 53.8 cm³/mol. The van der Waals surface area contributed by atoms with Gasteiger partial charge in [0.15, 0.2) is 0 Å². The van der Waals surface area contributed by atoms with Crippen LogP contribution in [0.15, 0.2) is 18.2 Å². The number of anilines is 1. The summed E-state index contributed by atoms with van der Waals surface area (Å²) in [5, 5.41) is 21.0. The smallest absolute Gasteiger partial charge is 0.124 e. The number of hydrogen-bond acceptors (Lipinski definition) is 3. The summed E-state index contributed by atoms with van der Waals surface area (Å²) in [6.45, 7) is 0.0369. The summed E-state index contributed by atoms with van der Waals surface area (Å²) in [4.78, 5) is 0. The van der Waals surface area contributed by atoms with E-state index in [4.69, 9.17) is 10.4 Å². The summed E-state index contributed by atoms with van der Waals surface area (Å²) >= 11 is 0. The minimum Gasteiger partial charge on any atom is -0.394 e. The number of aliphatic hydroxyl groups excluding tert-OH is 1. The van der Waals surface area contributed by atoms with Crippen molar-refractivity contribution in [2.45, 2.75) is 18.4 Å². The number of nitrogens with one attached hydrogen (secondary N) is 1. The maximum Gasteiger partial charge on any atom is 0.124 e. The van der Waals surface area contributed by atoms with Gasteiger partial charge in [-0.1, -0.05) is 0 Å². The second-order valence-electron chi connectivity index (χ2n) is 3.87. The van der Waals surface area contributed by atoms with Gasteiger partial charge >= 0.3 is 0 Å². The molecule has 0 aromatic heterocycles. The Morgan fingerprint density at radius 2 is 2.27 bits per heavy atom. The van der Waals surface area contributed by atoms with E-state index in [1.165, 1.54) is 18.2 Å². The van der Waals surface area contributed by atoms with E-state index in [-0.39, 0.29) is 17.7 Å². The molecule has 1 aliphatic carbocycles. The molecule has 0 bridgehead atoms. The fourth-order valence-corrected chi connectivity index (χ4v) is 1.48. The van der Waals surface area contributed by atoms with E-state index in [0.717, 1.165) is 12.8 Å². The highest BCUT2D eigenvalue weighted by atomic mass is 19.1. The van der Waals surface area contributed by atoms with E-state index in [1.54, 1.807) is 0 Å². The van der Waals surface area contributed by atoms with Crippen LogP contribution >= 0.6 is 0 Å². The van der Waals surface area contributed by atoms with Crippen LogP contribution in [0, 0.1) is 17.1 Å². The molecule has 4 heteroatoms. The standard InChI is InChI=1S/C11H11FN2O/c12-9-1-2-10(8(5-9)6-13)14-11(7-15)3-4-11/h1-2,5,14-15H,3-4,7H2. The first-order valence-electron chi connectivity index (χ1n) is 4.78. The summed E-state index contributed by atoms with van der Waals surface area (Å²) < 4.78 is 12.8. The largest absolute Gasteiger partial charge is 0.394 e. The minimum absolute atomic E-state index is 0.0369. The van der Waals surface area contributed by atoms with Gasteiger partial charge in [0.2, 0.25) is 0 Å². The van der Waals surface area contributed by atoms with Gasteiger partial charge in [0.1, 0.15) is 11.9 Å². The van der Waals surface area contributed by atoms with Crippen LogP contribution in [-0.4, -0.2) is 17.3 Å². The van der Waals surface area contributed by atoms with Crippen LogP contribution in [-0.2, 0) is 0 Å². The Labute approximate surface area is 87.2 Å². The Morgan fingerprint density at radius 1 is 1.53 bits per heavy atom. The zero-order valence-corrected chi connectivity index (χ0v) is 8.13. The number of benzene rings is 1. The molecule has 0 amide bonds. The van der Waals surface area contributed by atoms with Crippen LogP contribution in [0.3, 0.4) is 0 Å². The van der Waals surface area contributed by atoms with E-state index in [1.807, 2.05) is 6.07 Å². The van der Waals surface area contributed by atoms with Crippen LogP contribution in [0.1, 0.15) is 18.4 Å². The highest BCUT2D eigenvalue weighted by molar-refractivity contribution is 5.59. The first kappa shape index (κ1) is 9.94. The number of nitriles is 1. The SMILES string of the molecule is N#Cc1cc(F)ccc1NC1(CO)CC1. The molecular formula is C11H11FN2O. The molecule has 0 atom stereocenters. The molecule has 1 aromatic carbocycles. The van der Waals surface area contributed by atoms with Crippen LogP contribution in [0.4, 0.5) is 10.1 Å². The van der Waals surface area contributed by atoms with Gasteiger partial charge in [-0.2, -0.15) is 5.26 Å². The second-order valence-corrected chi connectivity index (χ2v) is 3.87. The first-order chi connectivity index (χ1) is 7.19. The van der Waals surface area contributed by atoms with E-state index in [0.29, 0.717) is 5.69 Å². The molecule has 1 aliphatic rings. The number of hydrogen-bond donors (Lipinski definition) is 2. The van der Waals surface area contributed by atoms with Crippen molar-refractivity contribution in [3.63, 3.8) is 0 Å². The maximum absolute atomic E-state index is 12.8. The van der Waals surface area contributed by atoms with Crippen LogP contribution in [0.25, 0.3) is 0 Å². The van der Waals surface area contributed by atoms with E-state index in [2.05, 4.69) is 5.32 Å². The predicted octanol–water partition coefficient (Wildman–Crippen LogP) is 1.63. The molecule has 78 valence electrons. The molecule has 15 heavy (non-hydrogen) atoms. The molecule has 0 spiro atoms. The molecule has 0 saturated heterocycles. The molecule has 1 saturated carbocycles. The Morgan fingerprint density at radius 3 is 2.80 bits per heavy atom. The first-order valence-corrected chi connectivity index (χ1v) is 4.78. The minimum atomic E-state index is -0.425. The summed E-state index contributed by atoms with van der Waals surface area (Å²) in [7, 11) is 0. The summed E-state index contributed by atoms with van der Waals surface area (Å²) in [5.41, 5.74) is 0.573. The number of nitrogens with zero attached hydrogens (tertiary/aromatic N) is 1. The fraction of sp³-hybridized carbons (Fsp3) is 0.364. The zero-order chi connectivity index (χ0) is 10.9. The quantitative estimate of drug-likeness (QED) is 0.790. The lowest BCUT2D eigenvalue weighted by Gasteiger charge is -2.16. The van der Waals surface area contributed by atoms with Gasteiger partial charge < -0.3 is 10.4 Å². The van der Waals surface area contributed by atoms with Crippen molar-refractivity contribution in [2.24, 2.45) is 0 Å². The highest BCUT2D eigenvalue weighted by Crippen LogP contribution is 2.39. The van der Waals surface area contributed by atoms with E-state index in [9.17, 15) is 4.39 Å². The third-order valence-corrected chi connectivity index (χ3v) is 2.66. The van der Waals surface area contributed by atoms with E-state index < -0.39 is 5.82 Å². The lowest BCUT2D eigenvalue weighted by molar-refractivity contribution is 0.266. The van der Waals surface area contributed by atoms with Gasteiger partial charge in [-0.15, -0.1) is 0 Å². The van der Waals surface area contributed by atoms with Crippen LogP contribution in [0.5, 0.6) is 0 Å². The van der Waals surface area contributed by atoms with Crippen molar-refractivity contribution < 1.29 is 9.50 Å². The Balaban J connectivity index is 2.25. The third kappa shape index (κ3) is 1.92. The molecule has 1 aromatic rings. The number of aliphatic hydroxyl groups is 1. The molecule has 0 radical (unpaired) electrons. The Kier molecular flexibility index (Phi) is 2.33. The molecule has 2 rings (SSSR count). The summed E-state index contributed by atoms with van der Waals surface area (Å²) in [5.74, 6) is -0.425. The van der Waals surface area contributed by atoms with Crippen molar-refractivity contribution >= 4 is 5.69 Å². The topological polar surface area (TPSA) is 56.0 Å². The third-order valence-electron chi connectivity index (χ3n) is 2.66. The molecule has 2 N–H and O–H groups in total. The van der Waals surface area contributed by atoms with Crippen molar-refractivity contribution in [2.75, 3.05) is 11.9 Å². The van der Waals surface area contributed by atoms with Crippen molar-refractivity contribution in [1.82, 2.24) is 0 Å². The van der Waals surface area contributed by atoms with Gasteiger partial charge in [0.25, 0.3) is 0 Å². The molecular weight excluding hydrogens is 195 g/mol. The lowest BCUT2D eigenvalue weighted by Crippen LogP contribution is -2.26. The normalized spacial score (nSPS) is 16.9. The Bertz CT molecular complexity index is 421. The monoisotopic (exact) mass is 206 g/mol. The molecule has 0 aliphatic heterocycles. The number of halogens is 1. The van der Waals surface area contributed by atoms with Gasteiger partial charge in [0.05, 0.1) is 23.4 Å². The lowest BCUT2D eigenvalue weighted by atomic mass is 10.1. The maximum atomic E-state index is 12.8. The van der Waals surface area contributed by atoms with Crippen molar-refractivity contribution in [1.29, 1.82) is 5.26 Å². The second kappa shape index (κ2) is 3.52. The van der Waals surface area contributed by atoms with E-state index >= 15 is 0 Å². The van der Waals surface area contributed by atoms with Crippen LogP contribution < -0.4 is 5.32 Å². The molecule has 0 heterocycles. The summed E-state index contributed by atoms with van der Waals surface area (Å²) in [6, 6.07) is 5.95. The molecule has 0 unspecified atom stereocenters. The van der Waals surface area contributed by atoms with Crippen molar-refractivity contribution in [3.05, 3.63) is 29.6 Å². The van der Waals surface area contributed by atoms with Crippen molar-refractivity contribution in [3.8, 4) is 6.07 Å². The van der Waals surface area contributed by atoms with Gasteiger partial charge in [0, 0.05) is 0 Å². The fourth-order valence-electron chi connectivity index (χ4n) is 1.48. The average Bonchev–Trinajstić information content (AvgIpc) is 3.01. The van der Waals surface area contributed by atoms with Crippen LogP contribution in [0.2, 0.25) is 0 Å². The van der Waals surface area contributed by atoms with Gasteiger partial charge in [-0.25, -0.2) is 4.39 Å². The molecule has 1 fully saturated rings. The summed E-state index contributed by atoms with van der Waals surface area (Å²) in [6.07, 6.45) is 1.76. The highest BCUT2D eigenvalue weighted by Gasteiger charge is 2.42. The zero-order valence-electron chi connectivity index (χ0n) is 8.13. The Hall–Kier alpha value is -1.60. The average molecular weight is 206 g/mol. The van der Waals surface area contributed by atoms with Gasteiger partial charge in [-0.05, 0) is 31.0 Å².